The van der Waals surface area contributed by atoms with Gasteiger partial charge >= 0.3 is 0 Å². The van der Waals surface area contributed by atoms with Crippen LogP contribution in [0.25, 0.3) is 11.1 Å². The molecule has 3 rings (SSSR count). The second-order valence-corrected chi connectivity index (χ2v) is 5.67. The number of nitrogens with one attached hydrogen (secondary N) is 1. The summed E-state index contributed by atoms with van der Waals surface area (Å²) in [6.45, 7) is 5.42. The van der Waals surface area contributed by atoms with Crippen molar-refractivity contribution in [2.75, 3.05) is 6.54 Å². The molecule has 1 unspecified atom stereocenters. The van der Waals surface area contributed by atoms with Crippen molar-refractivity contribution in [1.82, 2.24) is 15.1 Å². The second-order valence-electron chi connectivity index (χ2n) is 5.67. The van der Waals surface area contributed by atoms with Gasteiger partial charge in [0.2, 0.25) is 0 Å². The number of benzene rings is 1. The monoisotopic (exact) mass is 269 g/mol. The first kappa shape index (κ1) is 13.4. The van der Waals surface area contributed by atoms with Gasteiger partial charge in [0.25, 0.3) is 0 Å². The molecule has 2 aromatic rings. The number of hydrogen-bond donors (Lipinski definition) is 1. The van der Waals surface area contributed by atoms with E-state index in [0.29, 0.717) is 6.04 Å². The molecule has 3 nitrogen and oxygen atoms in total. The van der Waals surface area contributed by atoms with Crippen molar-refractivity contribution < 1.29 is 0 Å². The molecule has 1 fully saturated rings. The summed E-state index contributed by atoms with van der Waals surface area (Å²) in [6.07, 6.45) is 3.55. The molecular formula is C17H23N3. The van der Waals surface area contributed by atoms with E-state index < -0.39 is 0 Å². The lowest BCUT2D eigenvalue weighted by atomic mass is 9.97. The van der Waals surface area contributed by atoms with Gasteiger partial charge in [-0.05, 0) is 43.9 Å². The van der Waals surface area contributed by atoms with Crippen LogP contribution in [0.1, 0.15) is 42.8 Å². The fourth-order valence-corrected chi connectivity index (χ4v) is 3.26. The number of hydrogen-bond acceptors (Lipinski definition) is 2. The topological polar surface area (TPSA) is 29.9 Å². The maximum absolute atomic E-state index is 4.65. The summed E-state index contributed by atoms with van der Waals surface area (Å²) in [4.78, 5) is 0. The molecule has 0 saturated carbocycles. The van der Waals surface area contributed by atoms with Crippen LogP contribution in [0.15, 0.2) is 24.3 Å². The lowest BCUT2D eigenvalue weighted by Crippen LogP contribution is -2.17. The van der Waals surface area contributed by atoms with Gasteiger partial charge in [-0.3, -0.25) is 4.68 Å². The van der Waals surface area contributed by atoms with E-state index in [9.17, 15) is 0 Å². The normalized spacial score (nSPS) is 18.6. The first-order valence-corrected chi connectivity index (χ1v) is 7.57. The van der Waals surface area contributed by atoms with Crippen LogP contribution >= 0.6 is 0 Å². The summed E-state index contributed by atoms with van der Waals surface area (Å²) >= 11 is 0. The Kier molecular flexibility index (Phi) is 3.62. The molecule has 106 valence electrons. The lowest BCUT2D eigenvalue weighted by molar-refractivity contribution is 0.574. The van der Waals surface area contributed by atoms with Crippen molar-refractivity contribution in [3.8, 4) is 11.1 Å². The second kappa shape index (κ2) is 5.41. The highest BCUT2D eigenvalue weighted by Gasteiger charge is 2.25. The summed E-state index contributed by atoms with van der Waals surface area (Å²) in [5.74, 6) is 0. The zero-order valence-corrected chi connectivity index (χ0v) is 12.6. The van der Waals surface area contributed by atoms with Gasteiger partial charge in [-0.1, -0.05) is 31.2 Å². The molecule has 3 heteroatoms. The highest BCUT2D eigenvalue weighted by Crippen LogP contribution is 2.34. The first-order valence-electron chi connectivity index (χ1n) is 7.57. The molecule has 1 aromatic carbocycles. The molecule has 0 spiro atoms. The SMILES string of the molecule is CCc1ccc(-c2c(C)nn(C)c2C2CCCN2)cc1. The minimum absolute atomic E-state index is 0.446. The van der Waals surface area contributed by atoms with Gasteiger partial charge in [0.15, 0.2) is 0 Å². The van der Waals surface area contributed by atoms with E-state index in [2.05, 4.69) is 60.3 Å². The Morgan fingerprint density at radius 1 is 1.30 bits per heavy atom. The summed E-state index contributed by atoms with van der Waals surface area (Å²) in [6, 6.07) is 9.38. The molecule has 2 heterocycles. The van der Waals surface area contributed by atoms with Crippen LogP contribution in [0.2, 0.25) is 0 Å². The fraction of sp³-hybridized carbons (Fsp3) is 0.471. The number of rotatable bonds is 3. The Hall–Kier alpha value is -1.61. The van der Waals surface area contributed by atoms with Gasteiger partial charge in [0.1, 0.15) is 0 Å². The standard InChI is InChI=1S/C17H23N3/c1-4-13-7-9-14(10-8-13)16-12(2)19-20(3)17(16)15-6-5-11-18-15/h7-10,15,18H,4-6,11H2,1-3H3. The Bertz CT molecular complexity index is 589. The van der Waals surface area contributed by atoms with Crippen molar-refractivity contribution >= 4 is 0 Å². The molecule has 0 radical (unpaired) electrons. The summed E-state index contributed by atoms with van der Waals surface area (Å²) in [7, 11) is 2.06. The molecule has 0 bridgehead atoms. The van der Waals surface area contributed by atoms with E-state index in [0.717, 1.165) is 18.7 Å². The van der Waals surface area contributed by atoms with E-state index in [1.165, 1.54) is 35.2 Å². The van der Waals surface area contributed by atoms with E-state index in [4.69, 9.17) is 0 Å². The van der Waals surface area contributed by atoms with Crippen molar-refractivity contribution in [3.63, 3.8) is 0 Å². The molecule has 1 N–H and O–H groups in total. The van der Waals surface area contributed by atoms with Gasteiger partial charge < -0.3 is 5.32 Å². The quantitative estimate of drug-likeness (QED) is 0.925. The molecule has 1 atom stereocenters. The maximum Gasteiger partial charge on any atom is 0.0675 e. The third kappa shape index (κ3) is 2.27. The molecule has 20 heavy (non-hydrogen) atoms. The van der Waals surface area contributed by atoms with Crippen LogP contribution in [0.5, 0.6) is 0 Å². The number of aromatic nitrogens is 2. The van der Waals surface area contributed by atoms with Gasteiger partial charge in [-0.2, -0.15) is 5.10 Å². The molecule has 1 aliphatic rings. The van der Waals surface area contributed by atoms with Crippen LogP contribution in [0, 0.1) is 6.92 Å². The van der Waals surface area contributed by atoms with E-state index in [-0.39, 0.29) is 0 Å². The predicted octanol–water partition coefficient (Wildman–Crippen LogP) is 3.38. The number of aryl methyl sites for hydroxylation is 3. The molecule has 0 amide bonds. The average molecular weight is 269 g/mol. The Morgan fingerprint density at radius 3 is 2.65 bits per heavy atom. The third-order valence-electron chi connectivity index (χ3n) is 4.31. The van der Waals surface area contributed by atoms with Gasteiger partial charge in [-0.15, -0.1) is 0 Å². The highest BCUT2D eigenvalue weighted by atomic mass is 15.3. The molecular weight excluding hydrogens is 246 g/mol. The summed E-state index contributed by atoms with van der Waals surface area (Å²) in [5.41, 5.74) is 6.45. The Balaban J connectivity index is 2.07. The smallest absolute Gasteiger partial charge is 0.0675 e. The van der Waals surface area contributed by atoms with Crippen molar-refractivity contribution in [2.24, 2.45) is 7.05 Å². The van der Waals surface area contributed by atoms with E-state index >= 15 is 0 Å². The third-order valence-corrected chi connectivity index (χ3v) is 4.31. The van der Waals surface area contributed by atoms with Crippen LogP contribution in [-0.4, -0.2) is 16.3 Å². The van der Waals surface area contributed by atoms with Crippen molar-refractivity contribution in [1.29, 1.82) is 0 Å². The molecule has 1 saturated heterocycles. The zero-order chi connectivity index (χ0) is 14.1. The first-order chi connectivity index (χ1) is 9.70. The van der Waals surface area contributed by atoms with Gasteiger partial charge in [0.05, 0.1) is 11.4 Å². The lowest BCUT2D eigenvalue weighted by Gasteiger charge is -2.14. The highest BCUT2D eigenvalue weighted by molar-refractivity contribution is 5.69. The van der Waals surface area contributed by atoms with Crippen molar-refractivity contribution in [2.45, 2.75) is 39.2 Å². The Morgan fingerprint density at radius 2 is 2.05 bits per heavy atom. The summed E-state index contributed by atoms with van der Waals surface area (Å²) < 4.78 is 2.06. The predicted molar refractivity (Wildman–Crippen MR) is 82.7 cm³/mol. The van der Waals surface area contributed by atoms with Crippen LogP contribution in [-0.2, 0) is 13.5 Å². The zero-order valence-electron chi connectivity index (χ0n) is 12.6. The molecule has 1 aromatic heterocycles. The van der Waals surface area contributed by atoms with E-state index in [1.54, 1.807) is 0 Å². The largest absolute Gasteiger partial charge is 0.309 e. The van der Waals surface area contributed by atoms with Crippen LogP contribution in [0.4, 0.5) is 0 Å². The Labute approximate surface area is 121 Å². The van der Waals surface area contributed by atoms with Crippen LogP contribution in [0.3, 0.4) is 0 Å². The molecule has 0 aliphatic carbocycles. The fourth-order valence-electron chi connectivity index (χ4n) is 3.26. The van der Waals surface area contributed by atoms with Crippen LogP contribution < -0.4 is 5.32 Å². The average Bonchev–Trinajstić information content (AvgIpc) is 3.06. The summed E-state index contributed by atoms with van der Waals surface area (Å²) in [5, 5.41) is 8.25. The van der Waals surface area contributed by atoms with Gasteiger partial charge in [-0.25, -0.2) is 0 Å². The van der Waals surface area contributed by atoms with Crippen molar-refractivity contribution in [3.05, 3.63) is 41.2 Å². The minimum atomic E-state index is 0.446. The van der Waals surface area contributed by atoms with Gasteiger partial charge in [0, 0.05) is 18.7 Å². The van der Waals surface area contributed by atoms with E-state index in [1.807, 2.05) is 0 Å². The maximum atomic E-state index is 4.65. The number of nitrogens with zero attached hydrogens (tertiary/aromatic N) is 2. The minimum Gasteiger partial charge on any atom is -0.309 e. The molecule has 1 aliphatic heterocycles.